The summed E-state index contributed by atoms with van der Waals surface area (Å²) in [7, 11) is 0. The summed E-state index contributed by atoms with van der Waals surface area (Å²) in [4.78, 5) is 16.3. The molecule has 0 bridgehead atoms. The standard InChI is InChI=1S/C17H21N3O2/c1-2-15(21)17(18)20-16(22)11-12-6-5-7-13(10-12)14-8-3-4-9-19-14/h3-10,15,17,21H,2,11,18H2,1H3,(H,20,22). The van der Waals surface area contributed by atoms with E-state index in [4.69, 9.17) is 5.73 Å². The molecular formula is C17H21N3O2. The van der Waals surface area contributed by atoms with Crippen molar-refractivity contribution < 1.29 is 9.90 Å². The minimum absolute atomic E-state index is 0.210. The zero-order chi connectivity index (χ0) is 15.9. The van der Waals surface area contributed by atoms with Gasteiger partial charge in [-0.05, 0) is 30.2 Å². The highest BCUT2D eigenvalue weighted by molar-refractivity contribution is 5.79. The van der Waals surface area contributed by atoms with Crippen LogP contribution in [0.5, 0.6) is 0 Å². The lowest BCUT2D eigenvalue weighted by atomic mass is 10.0. The molecule has 0 aliphatic heterocycles. The fourth-order valence-electron chi connectivity index (χ4n) is 2.15. The molecule has 0 fully saturated rings. The molecule has 1 aromatic carbocycles. The van der Waals surface area contributed by atoms with Crippen molar-refractivity contribution in [3.63, 3.8) is 0 Å². The van der Waals surface area contributed by atoms with E-state index in [2.05, 4.69) is 10.3 Å². The van der Waals surface area contributed by atoms with E-state index in [0.29, 0.717) is 6.42 Å². The first-order valence-corrected chi connectivity index (χ1v) is 7.33. The Hall–Kier alpha value is -2.24. The summed E-state index contributed by atoms with van der Waals surface area (Å²) < 4.78 is 0. The molecule has 0 radical (unpaired) electrons. The van der Waals surface area contributed by atoms with Gasteiger partial charge in [0, 0.05) is 11.8 Å². The van der Waals surface area contributed by atoms with E-state index in [1.807, 2.05) is 49.4 Å². The number of nitrogens with one attached hydrogen (secondary N) is 1. The number of rotatable bonds is 6. The van der Waals surface area contributed by atoms with Crippen molar-refractivity contribution in [3.8, 4) is 11.3 Å². The van der Waals surface area contributed by atoms with Crippen LogP contribution in [0.2, 0.25) is 0 Å². The molecule has 5 heteroatoms. The molecule has 4 N–H and O–H groups in total. The average Bonchev–Trinajstić information content (AvgIpc) is 2.55. The normalized spacial score (nSPS) is 13.4. The Morgan fingerprint density at radius 1 is 1.32 bits per heavy atom. The topological polar surface area (TPSA) is 88.2 Å². The van der Waals surface area contributed by atoms with Crippen LogP contribution in [0, 0.1) is 0 Å². The Bertz CT molecular complexity index is 616. The molecule has 1 aromatic heterocycles. The van der Waals surface area contributed by atoms with Crippen molar-refractivity contribution >= 4 is 5.91 Å². The van der Waals surface area contributed by atoms with Gasteiger partial charge >= 0.3 is 0 Å². The molecule has 116 valence electrons. The highest BCUT2D eigenvalue weighted by Crippen LogP contribution is 2.17. The van der Waals surface area contributed by atoms with Gasteiger partial charge in [0.2, 0.25) is 5.91 Å². The fraction of sp³-hybridized carbons (Fsp3) is 0.294. The first kappa shape index (κ1) is 16.1. The van der Waals surface area contributed by atoms with Gasteiger partial charge < -0.3 is 16.2 Å². The molecule has 5 nitrogen and oxygen atoms in total. The van der Waals surface area contributed by atoms with Gasteiger partial charge in [-0.3, -0.25) is 9.78 Å². The molecule has 22 heavy (non-hydrogen) atoms. The Morgan fingerprint density at radius 2 is 2.14 bits per heavy atom. The van der Waals surface area contributed by atoms with E-state index >= 15 is 0 Å². The van der Waals surface area contributed by atoms with Crippen LogP contribution in [-0.4, -0.2) is 28.3 Å². The number of aromatic nitrogens is 1. The van der Waals surface area contributed by atoms with Crippen LogP contribution in [-0.2, 0) is 11.2 Å². The molecule has 1 amide bonds. The third-order valence-corrected chi connectivity index (χ3v) is 3.41. The summed E-state index contributed by atoms with van der Waals surface area (Å²) in [6, 6.07) is 13.4. The molecule has 2 rings (SSSR count). The predicted molar refractivity (Wildman–Crippen MR) is 85.8 cm³/mol. The van der Waals surface area contributed by atoms with Gasteiger partial charge in [-0.1, -0.05) is 31.2 Å². The molecule has 0 spiro atoms. The zero-order valence-corrected chi connectivity index (χ0v) is 12.6. The Labute approximate surface area is 130 Å². The SMILES string of the molecule is CCC(O)C(N)NC(=O)Cc1cccc(-c2ccccn2)c1. The van der Waals surface area contributed by atoms with Gasteiger partial charge in [-0.15, -0.1) is 0 Å². The van der Waals surface area contributed by atoms with Gasteiger partial charge in [0.25, 0.3) is 0 Å². The van der Waals surface area contributed by atoms with Crippen molar-refractivity contribution in [1.82, 2.24) is 10.3 Å². The number of nitrogens with two attached hydrogens (primary N) is 1. The van der Waals surface area contributed by atoms with Crippen LogP contribution in [0.3, 0.4) is 0 Å². The van der Waals surface area contributed by atoms with Crippen molar-refractivity contribution in [2.45, 2.75) is 32.0 Å². The number of carbonyl (C=O) groups is 1. The number of hydrogen-bond acceptors (Lipinski definition) is 4. The number of aliphatic hydroxyl groups is 1. The number of nitrogens with zero attached hydrogens (tertiary/aromatic N) is 1. The highest BCUT2D eigenvalue weighted by Gasteiger charge is 2.15. The predicted octanol–water partition coefficient (Wildman–Crippen LogP) is 1.46. The molecule has 0 saturated heterocycles. The van der Waals surface area contributed by atoms with E-state index in [9.17, 15) is 9.90 Å². The monoisotopic (exact) mass is 299 g/mol. The third-order valence-electron chi connectivity index (χ3n) is 3.41. The highest BCUT2D eigenvalue weighted by atomic mass is 16.3. The maximum absolute atomic E-state index is 12.0. The maximum atomic E-state index is 12.0. The molecule has 0 saturated carbocycles. The summed E-state index contributed by atoms with van der Waals surface area (Å²) in [6.07, 6.45) is 0.974. The van der Waals surface area contributed by atoms with Crippen LogP contribution in [0.15, 0.2) is 48.7 Å². The first-order valence-electron chi connectivity index (χ1n) is 7.33. The number of amides is 1. The largest absolute Gasteiger partial charge is 0.390 e. The summed E-state index contributed by atoms with van der Waals surface area (Å²) >= 11 is 0. The summed E-state index contributed by atoms with van der Waals surface area (Å²) in [5.41, 5.74) is 8.41. The van der Waals surface area contributed by atoms with Gasteiger partial charge in [0.1, 0.15) is 6.17 Å². The Balaban J connectivity index is 2.03. The lowest BCUT2D eigenvalue weighted by Gasteiger charge is -2.18. The van der Waals surface area contributed by atoms with E-state index in [-0.39, 0.29) is 12.3 Å². The Kier molecular flexibility index (Phi) is 5.63. The minimum Gasteiger partial charge on any atom is -0.390 e. The second-order valence-corrected chi connectivity index (χ2v) is 5.16. The third kappa shape index (κ3) is 4.38. The van der Waals surface area contributed by atoms with E-state index in [1.165, 1.54) is 0 Å². The second kappa shape index (κ2) is 7.68. The molecule has 0 aliphatic carbocycles. The number of hydrogen-bond donors (Lipinski definition) is 3. The van der Waals surface area contributed by atoms with Crippen molar-refractivity contribution in [2.75, 3.05) is 0 Å². The minimum atomic E-state index is -0.739. The maximum Gasteiger partial charge on any atom is 0.225 e. The number of carbonyl (C=O) groups excluding carboxylic acids is 1. The lowest BCUT2D eigenvalue weighted by Crippen LogP contribution is -2.49. The van der Waals surface area contributed by atoms with Crippen molar-refractivity contribution in [1.29, 1.82) is 0 Å². The molecule has 0 aliphatic rings. The molecule has 2 atom stereocenters. The summed E-state index contributed by atoms with van der Waals surface area (Å²) in [5, 5.41) is 12.2. The number of benzene rings is 1. The lowest BCUT2D eigenvalue weighted by molar-refractivity contribution is -0.121. The summed E-state index contributed by atoms with van der Waals surface area (Å²) in [5.74, 6) is -0.210. The second-order valence-electron chi connectivity index (χ2n) is 5.16. The van der Waals surface area contributed by atoms with Crippen LogP contribution in [0.4, 0.5) is 0 Å². The van der Waals surface area contributed by atoms with Gasteiger partial charge in [0.05, 0.1) is 18.2 Å². The molecular weight excluding hydrogens is 278 g/mol. The van der Waals surface area contributed by atoms with Crippen LogP contribution in [0.1, 0.15) is 18.9 Å². The average molecular weight is 299 g/mol. The van der Waals surface area contributed by atoms with E-state index in [0.717, 1.165) is 16.8 Å². The molecule has 2 unspecified atom stereocenters. The fourth-order valence-corrected chi connectivity index (χ4v) is 2.15. The van der Waals surface area contributed by atoms with Crippen LogP contribution >= 0.6 is 0 Å². The smallest absolute Gasteiger partial charge is 0.225 e. The van der Waals surface area contributed by atoms with Gasteiger partial charge in [-0.25, -0.2) is 0 Å². The van der Waals surface area contributed by atoms with Gasteiger partial charge in [-0.2, -0.15) is 0 Å². The van der Waals surface area contributed by atoms with Gasteiger partial charge in [0.15, 0.2) is 0 Å². The van der Waals surface area contributed by atoms with Crippen molar-refractivity contribution in [2.24, 2.45) is 5.73 Å². The summed E-state index contributed by atoms with van der Waals surface area (Å²) in [6.45, 7) is 1.81. The number of aliphatic hydroxyl groups excluding tert-OH is 1. The molecule has 2 aromatic rings. The van der Waals surface area contributed by atoms with Crippen LogP contribution in [0.25, 0.3) is 11.3 Å². The zero-order valence-electron chi connectivity index (χ0n) is 12.6. The van der Waals surface area contributed by atoms with E-state index < -0.39 is 12.3 Å². The molecule has 1 heterocycles. The number of pyridine rings is 1. The quantitative estimate of drug-likeness (QED) is 0.705. The Morgan fingerprint density at radius 3 is 2.82 bits per heavy atom. The van der Waals surface area contributed by atoms with E-state index in [1.54, 1.807) is 6.20 Å². The van der Waals surface area contributed by atoms with Crippen LogP contribution < -0.4 is 11.1 Å². The first-order chi connectivity index (χ1) is 10.6. The van der Waals surface area contributed by atoms with Crippen molar-refractivity contribution in [3.05, 3.63) is 54.2 Å².